The molecule has 19 heavy (non-hydrogen) atoms. The van der Waals surface area contributed by atoms with Crippen LogP contribution >= 0.6 is 15.9 Å². The van der Waals surface area contributed by atoms with E-state index in [0.29, 0.717) is 6.04 Å². The van der Waals surface area contributed by atoms with Crippen molar-refractivity contribution in [1.29, 1.82) is 0 Å². The van der Waals surface area contributed by atoms with Crippen LogP contribution in [0.1, 0.15) is 39.0 Å². The van der Waals surface area contributed by atoms with Crippen molar-refractivity contribution in [3.05, 3.63) is 16.9 Å². The molecule has 4 nitrogen and oxygen atoms in total. The van der Waals surface area contributed by atoms with Gasteiger partial charge >= 0.3 is 0 Å². The molecular formula is C14H24BrN3O. The van der Waals surface area contributed by atoms with E-state index in [9.17, 15) is 5.11 Å². The molecule has 0 saturated heterocycles. The van der Waals surface area contributed by atoms with Gasteiger partial charge in [-0.1, -0.05) is 19.3 Å². The fourth-order valence-electron chi connectivity index (χ4n) is 2.90. The lowest BCUT2D eigenvalue weighted by molar-refractivity contribution is 0.0789. The molecule has 0 bridgehead atoms. The van der Waals surface area contributed by atoms with Crippen LogP contribution in [0.4, 0.5) is 0 Å². The molecule has 1 N–H and O–H groups in total. The van der Waals surface area contributed by atoms with Gasteiger partial charge in [-0.15, -0.1) is 0 Å². The Kier molecular flexibility index (Phi) is 5.85. The third-order valence-corrected chi connectivity index (χ3v) is 4.22. The van der Waals surface area contributed by atoms with Gasteiger partial charge in [0, 0.05) is 25.3 Å². The molecule has 2 rings (SSSR count). The highest BCUT2D eigenvalue weighted by molar-refractivity contribution is 9.10. The Bertz CT molecular complexity index is 375. The fraction of sp³-hybridized carbons (Fsp3) is 0.786. The second kappa shape index (κ2) is 7.41. The molecule has 0 radical (unpaired) electrons. The summed E-state index contributed by atoms with van der Waals surface area (Å²) in [6.45, 7) is 4.49. The van der Waals surface area contributed by atoms with E-state index in [4.69, 9.17) is 0 Å². The number of aliphatic hydroxyl groups excluding tert-OH is 1. The number of hydrogen-bond donors (Lipinski definition) is 1. The molecule has 108 valence electrons. The molecule has 1 aliphatic rings. The minimum atomic E-state index is -0.258. The molecule has 1 aromatic heterocycles. The predicted octanol–water partition coefficient (Wildman–Crippen LogP) is 2.66. The number of nitrogens with zero attached hydrogens (tertiary/aromatic N) is 3. The van der Waals surface area contributed by atoms with Gasteiger partial charge in [0.25, 0.3) is 0 Å². The van der Waals surface area contributed by atoms with Crippen molar-refractivity contribution < 1.29 is 5.11 Å². The molecule has 0 aromatic carbocycles. The highest BCUT2D eigenvalue weighted by Crippen LogP contribution is 2.22. The average molecular weight is 330 g/mol. The largest absolute Gasteiger partial charge is 0.392 e. The Labute approximate surface area is 123 Å². The van der Waals surface area contributed by atoms with Crippen molar-refractivity contribution in [3.8, 4) is 0 Å². The normalized spacial score (nSPS) is 18.9. The number of aromatic nitrogens is 2. The van der Waals surface area contributed by atoms with E-state index in [1.807, 2.05) is 24.0 Å². The number of rotatable bonds is 6. The molecule has 1 heterocycles. The molecule has 0 spiro atoms. The Hall–Kier alpha value is -0.390. The molecule has 1 aliphatic carbocycles. The van der Waals surface area contributed by atoms with Gasteiger partial charge in [0.15, 0.2) is 0 Å². The zero-order valence-corrected chi connectivity index (χ0v) is 13.2. The van der Waals surface area contributed by atoms with Gasteiger partial charge in [0.1, 0.15) is 0 Å². The summed E-state index contributed by atoms with van der Waals surface area (Å²) in [5.74, 6) is 0. The first kappa shape index (κ1) is 15.0. The minimum Gasteiger partial charge on any atom is -0.392 e. The zero-order chi connectivity index (χ0) is 13.7. The topological polar surface area (TPSA) is 41.3 Å². The molecular weight excluding hydrogens is 306 g/mol. The Morgan fingerprint density at radius 3 is 2.79 bits per heavy atom. The van der Waals surface area contributed by atoms with Crippen LogP contribution < -0.4 is 0 Å². The standard InChI is InChI=1S/C14H24BrN3O/c1-12(19)10-17(14-5-3-2-4-6-14)7-8-18-11-13(15)9-16-18/h9,11-12,14,19H,2-8,10H2,1H3. The van der Waals surface area contributed by atoms with Crippen LogP contribution in [0.5, 0.6) is 0 Å². The highest BCUT2D eigenvalue weighted by atomic mass is 79.9. The maximum absolute atomic E-state index is 9.68. The minimum absolute atomic E-state index is 0.258. The summed E-state index contributed by atoms with van der Waals surface area (Å²) < 4.78 is 2.98. The van der Waals surface area contributed by atoms with E-state index in [1.54, 1.807) is 0 Å². The zero-order valence-electron chi connectivity index (χ0n) is 11.6. The Morgan fingerprint density at radius 1 is 1.47 bits per heavy atom. The SMILES string of the molecule is CC(O)CN(CCn1cc(Br)cn1)C1CCCCC1. The average Bonchev–Trinajstić information content (AvgIpc) is 2.81. The third kappa shape index (κ3) is 4.89. The van der Waals surface area contributed by atoms with Gasteiger partial charge in [-0.25, -0.2) is 0 Å². The lowest BCUT2D eigenvalue weighted by atomic mass is 9.94. The van der Waals surface area contributed by atoms with Crippen molar-refractivity contribution in [2.75, 3.05) is 13.1 Å². The van der Waals surface area contributed by atoms with Crippen molar-refractivity contribution >= 4 is 15.9 Å². The van der Waals surface area contributed by atoms with E-state index in [0.717, 1.165) is 24.1 Å². The predicted molar refractivity (Wildman–Crippen MR) is 80.1 cm³/mol. The summed E-state index contributed by atoms with van der Waals surface area (Å²) in [5, 5.41) is 14.0. The van der Waals surface area contributed by atoms with E-state index < -0.39 is 0 Å². The Balaban J connectivity index is 1.89. The van der Waals surface area contributed by atoms with Gasteiger partial charge < -0.3 is 5.11 Å². The van der Waals surface area contributed by atoms with Crippen LogP contribution in [0.3, 0.4) is 0 Å². The van der Waals surface area contributed by atoms with Gasteiger partial charge in [-0.05, 0) is 35.7 Å². The molecule has 1 saturated carbocycles. The van der Waals surface area contributed by atoms with E-state index in [2.05, 4.69) is 25.9 Å². The van der Waals surface area contributed by atoms with Crippen LogP contribution in [-0.2, 0) is 6.54 Å². The van der Waals surface area contributed by atoms with Crippen LogP contribution in [-0.4, -0.2) is 45.0 Å². The van der Waals surface area contributed by atoms with E-state index in [-0.39, 0.29) is 6.10 Å². The van der Waals surface area contributed by atoms with Crippen molar-refractivity contribution in [2.24, 2.45) is 0 Å². The quantitative estimate of drug-likeness (QED) is 0.872. The number of aliphatic hydroxyl groups is 1. The van der Waals surface area contributed by atoms with Crippen LogP contribution in [0.15, 0.2) is 16.9 Å². The monoisotopic (exact) mass is 329 g/mol. The lowest BCUT2D eigenvalue weighted by Crippen LogP contribution is -2.42. The van der Waals surface area contributed by atoms with Crippen LogP contribution in [0.25, 0.3) is 0 Å². The number of hydrogen-bond acceptors (Lipinski definition) is 3. The molecule has 0 amide bonds. The summed E-state index contributed by atoms with van der Waals surface area (Å²) in [6, 6.07) is 0.641. The summed E-state index contributed by atoms with van der Waals surface area (Å²) in [5.41, 5.74) is 0. The molecule has 1 fully saturated rings. The third-order valence-electron chi connectivity index (χ3n) is 3.81. The van der Waals surface area contributed by atoms with Gasteiger partial charge in [0.2, 0.25) is 0 Å². The van der Waals surface area contributed by atoms with E-state index >= 15 is 0 Å². The molecule has 1 atom stereocenters. The second-order valence-corrected chi connectivity index (χ2v) is 6.47. The fourth-order valence-corrected chi connectivity index (χ4v) is 3.23. The van der Waals surface area contributed by atoms with Crippen LogP contribution in [0, 0.1) is 0 Å². The molecule has 5 heteroatoms. The first-order valence-corrected chi connectivity index (χ1v) is 8.04. The highest BCUT2D eigenvalue weighted by Gasteiger charge is 2.21. The smallest absolute Gasteiger partial charge is 0.0639 e. The van der Waals surface area contributed by atoms with Crippen LogP contribution in [0.2, 0.25) is 0 Å². The van der Waals surface area contributed by atoms with Crippen molar-refractivity contribution in [1.82, 2.24) is 14.7 Å². The first-order chi connectivity index (χ1) is 9.15. The molecule has 1 aromatic rings. The summed E-state index contributed by atoms with van der Waals surface area (Å²) in [6.07, 6.45) is 10.1. The van der Waals surface area contributed by atoms with E-state index in [1.165, 1.54) is 32.1 Å². The van der Waals surface area contributed by atoms with Gasteiger partial charge in [0.05, 0.1) is 23.3 Å². The molecule has 0 aliphatic heterocycles. The Morgan fingerprint density at radius 2 is 2.21 bits per heavy atom. The maximum Gasteiger partial charge on any atom is 0.0639 e. The van der Waals surface area contributed by atoms with Gasteiger partial charge in [-0.2, -0.15) is 5.10 Å². The number of halogens is 1. The van der Waals surface area contributed by atoms with Crippen molar-refractivity contribution in [3.63, 3.8) is 0 Å². The lowest BCUT2D eigenvalue weighted by Gasteiger charge is -2.35. The summed E-state index contributed by atoms with van der Waals surface area (Å²) >= 11 is 3.42. The van der Waals surface area contributed by atoms with Crippen molar-refractivity contribution in [2.45, 2.75) is 57.7 Å². The first-order valence-electron chi connectivity index (χ1n) is 7.25. The molecule has 1 unspecified atom stereocenters. The summed E-state index contributed by atoms with van der Waals surface area (Å²) in [4.78, 5) is 2.44. The second-order valence-electron chi connectivity index (χ2n) is 5.56. The summed E-state index contributed by atoms with van der Waals surface area (Å²) in [7, 11) is 0. The van der Waals surface area contributed by atoms with Gasteiger partial charge in [-0.3, -0.25) is 9.58 Å². The maximum atomic E-state index is 9.68.